The molecule has 1 aromatic carbocycles. The van der Waals surface area contributed by atoms with E-state index in [-0.39, 0.29) is 28.2 Å². The number of nitrogens with two attached hydrogens (primary N) is 1. The number of fused-ring (bicyclic) bond motifs is 1. The third-order valence-corrected chi connectivity index (χ3v) is 4.38. The number of hydrogen-bond acceptors (Lipinski definition) is 7. The van der Waals surface area contributed by atoms with Crippen molar-refractivity contribution in [1.29, 1.82) is 0 Å². The Morgan fingerprint density at radius 1 is 1.18 bits per heavy atom. The molecule has 28 heavy (non-hydrogen) atoms. The third kappa shape index (κ3) is 2.37. The van der Waals surface area contributed by atoms with Gasteiger partial charge in [0.1, 0.15) is 18.5 Å². The standard InChI is InChI=1S/C17H12N6O5/c1-7-2-8(22-6-19-5-20-22)3-10(17(27)28)13(7)23-11(24)4-9-12(14(23)18)16(26)21-15(9)25/h2-6H,18H2,1H3,(H,27,28)(H,21,25,26). The van der Waals surface area contributed by atoms with E-state index in [1.54, 1.807) is 13.0 Å². The normalized spacial score (nSPS) is 12.8. The summed E-state index contributed by atoms with van der Waals surface area (Å²) < 4.78 is 2.28. The molecule has 0 bridgehead atoms. The number of nitrogens with zero attached hydrogens (tertiary/aromatic N) is 4. The summed E-state index contributed by atoms with van der Waals surface area (Å²) in [5, 5.41) is 15.7. The Labute approximate surface area is 156 Å². The molecule has 1 aliphatic rings. The van der Waals surface area contributed by atoms with Crippen LogP contribution in [0.3, 0.4) is 0 Å². The summed E-state index contributed by atoms with van der Waals surface area (Å²) in [5.41, 5.74) is 5.55. The van der Waals surface area contributed by atoms with Crippen molar-refractivity contribution in [2.45, 2.75) is 6.92 Å². The number of aromatic carboxylic acids is 1. The van der Waals surface area contributed by atoms with Crippen LogP contribution >= 0.6 is 0 Å². The molecule has 0 atom stereocenters. The molecule has 4 N–H and O–H groups in total. The van der Waals surface area contributed by atoms with Crippen LogP contribution < -0.4 is 16.6 Å². The maximum atomic E-state index is 12.7. The molecule has 0 radical (unpaired) electrons. The average molecular weight is 380 g/mol. The minimum absolute atomic E-state index is 0.00573. The van der Waals surface area contributed by atoms with E-state index in [0.717, 1.165) is 10.6 Å². The lowest BCUT2D eigenvalue weighted by Gasteiger charge is -2.17. The second-order valence-corrected chi connectivity index (χ2v) is 6.08. The second kappa shape index (κ2) is 5.87. The number of anilines is 1. The van der Waals surface area contributed by atoms with Crippen LogP contribution in [0.4, 0.5) is 5.82 Å². The minimum atomic E-state index is -1.31. The Balaban J connectivity index is 2.05. The molecule has 1 aliphatic heterocycles. The zero-order valence-corrected chi connectivity index (χ0v) is 14.3. The predicted octanol–water partition coefficient (Wildman–Crippen LogP) is -0.109. The van der Waals surface area contributed by atoms with Gasteiger partial charge in [-0.15, -0.1) is 0 Å². The van der Waals surface area contributed by atoms with Crippen LogP contribution in [0.2, 0.25) is 0 Å². The number of carboxylic acids is 1. The highest BCUT2D eigenvalue weighted by Crippen LogP contribution is 2.28. The van der Waals surface area contributed by atoms with Crippen molar-refractivity contribution in [1.82, 2.24) is 24.6 Å². The maximum Gasteiger partial charge on any atom is 0.337 e. The van der Waals surface area contributed by atoms with Gasteiger partial charge in [-0.1, -0.05) is 0 Å². The fraction of sp³-hybridized carbons (Fsp3) is 0.0588. The fourth-order valence-corrected chi connectivity index (χ4v) is 3.20. The monoisotopic (exact) mass is 380 g/mol. The van der Waals surface area contributed by atoms with Crippen LogP contribution in [0, 0.1) is 6.92 Å². The number of benzene rings is 1. The Morgan fingerprint density at radius 3 is 2.57 bits per heavy atom. The van der Waals surface area contributed by atoms with Gasteiger partial charge in [-0.2, -0.15) is 5.10 Å². The maximum absolute atomic E-state index is 12.7. The highest BCUT2D eigenvalue weighted by molar-refractivity contribution is 6.23. The molecule has 2 aromatic heterocycles. The first kappa shape index (κ1) is 17.1. The lowest BCUT2D eigenvalue weighted by atomic mass is 10.0. The van der Waals surface area contributed by atoms with E-state index < -0.39 is 23.3 Å². The van der Waals surface area contributed by atoms with Crippen molar-refractivity contribution < 1.29 is 19.5 Å². The van der Waals surface area contributed by atoms with E-state index in [2.05, 4.69) is 15.4 Å². The molecule has 0 aliphatic carbocycles. The van der Waals surface area contributed by atoms with E-state index in [4.69, 9.17) is 5.73 Å². The number of nitrogen functional groups attached to an aromatic ring is 1. The Bertz CT molecular complexity index is 1240. The van der Waals surface area contributed by atoms with Gasteiger partial charge < -0.3 is 10.8 Å². The molecule has 0 fully saturated rings. The zero-order chi connectivity index (χ0) is 20.2. The van der Waals surface area contributed by atoms with Gasteiger partial charge in [0.15, 0.2) is 0 Å². The summed E-state index contributed by atoms with van der Waals surface area (Å²) in [7, 11) is 0. The Hall–Kier alpha value is -4.28. The van der Waals surface area contributed by atoms with E-state index in [0.29, 0.717) is 11.3 Å². The van der Waals surface area contributed by atoms with Gasteiger partial charge in [-0.05, 0) is 24.6 Å². The van der Waals surface area contributed by atoms with Crippen molar-refractivity contribution in [3.63, 3.8) is 0 Å². The van der Waals surface area contributed by atoms with Gasteiger partial charge in [0.05, 0.1) is 28.1 Å². The number of imide groups is 1. The first-order valence-electron chi connectivity index (χ1n) is 7.94. The zero-order valence-electron chi connectivity index (χ0n) is 14.3. The highest BCUT2D eigenvalue weighted by atomic mass is 16.4. The second-order valence-electron chi connectivity index (χ2n) is 6.08. The van der Waals surface area contributed by atoms with Crippen LogP contribution in [0.15, 0.2) is 35.6 Å². The van der Waals surface area contributed by atoms with Crippen LogP contribution in [0.1, 0.15) is 36.6 Å². The number of carboxylic acid groups (broad SMARTS) is 1. The smallest absolute Gasteiger partial charge is 0.337 e. The molecule has 3 heterocycles. The molecule has 140 valence electrons. The lowest BCUT2D eigenvalue weighted by molar-refractivity contribution is 0.0696. The number of amides is 2. The van der Waals surface area contributed by atoms with E-state index in [9.17, 15) is 24.3 Å². The summed E-state index contributed by atoms with van der Waals surface area (Å²) in [6.07, 6.45) is 2.69. The van der Waals surface area contributed by atoms with Gasteiger partial charge >= 0.3 is 5.97 Å². The Morgan fingerprint density at radius 2 is 1.93 bits per heavy atom. The first-order valence-corrected chi connectivity index (χ1v) is 7.94. The number of nitrogens with one attached hydrogen (secondary N) is 1. The number of carbonyl (C=O) groups excluding carboxylic acids is 2. The molecule has 11 heteroatoms. The van der Waals surface area contributed by atoms with Crippen LogP contribution in [0.25, 0.3) is 11.4 Å². The molecule has 3 aromatic rings. The molecular weight excluding hydrogens is 368 g/mol. The van der Waals surface area contributed by atoms with E-state index in [1.165, 1.54) is 23.4 Å². The number of rotatable bonds is 3. The van der Waals surface area contributed by atoms with Gasteiger partial charge in [0, 0.05) is 6.07 Å². The number of aryl methyl sites for hydroxylation is 1. The van der Waals surface area contributed by atoms with Crippen LogP contribution in [-0.2, 0) is 0 Å². The van der Waals surface area contributed by atoms with Gasteiger partial charge in [-0.3, -0.25) is 24.3 Å². The number of hydrogen-bond donors (Lipinski definition) is 3. The molecule has 0 saturated heterocycles. The van der Waals surface area contributed by atoms with Crippen molar-refractivity contribution >= 4 is 23.6 Å². The Kier molecular flexibility index (Phi) is 3.60. The first-order chi connectivity index (χ1) is 13.3. The lowest BCUT2D eigenvalue weighted by Crippen LogP contribution is -2.26. The van der Waals surface area contributed by atoms with Gasteiger partial charge in [0.25, 0.3) is 17.4 Å². The van der Waals surface area contributed by atoms with Gasteiger partial charge in [0.2, 0.25) is 0 Å². The topological polar surface area (TPSA) is 162 Å². The third-order valence-electron chi connectivity index (χ3n) is 4.38. The molecular formula is C17H12N6O5. The molecule has 2 amide bonds. The molecule has 4 rings (SSSR count). The number of carbonyl (C=O) groups is 3. The average Bonchev–Trinajstić information content (AvgIpc) is 3.24. The van der Waals surface area contributed by atoms with Crippen LogP contribution in [0.5, 0.6) is 0 Å². The van der Waals surface area contributed by atoms with Crippen LogP contribution in [-0.4, -0.2) is 42.2 Å². The highest BCUT2D eigenvalue weighted by Gasteiger charge is 2.33. The SMILES string of the molecule is Cc1cc(-n2cncn2)cc(C(=O)O)c1-n1c(N)c2c(cc1=O)C(=O)NC2=O. The summed E-state index contributed by atoms with van der Waals surface area (Å²) in [6, 6.07) is 3.87. The van der Waals surface area contributed by atoms with Crippen molar-refractivity contribution in [2.24, 2.45) is 0 Å². The fourth-order valence-electron chi connectivity index (χ4n) is 3.20. The summed E-state index contributed by atoms with van der Waals surface area (Å²) >= 11 is 0. The van der Waals surface area contributed by atoms with E-state index in [1.807, 2.05) is 0 Å². The molecule has 11 nitrogen and oxygen atoms in total. The quantitative estimate of drug-likeness (QED) is 0.530. The number of aromatic nitrogens is 4. The predicted molar refractivity (Wildman–Crippen MR) is 94.9 cm³/mol. The van der Waals surface area contributed by atoms with Crippen molar-refractivity contribution in [3.8, 4) is 11.4 Å². The summed E-state index contributed by atoms with van der Waals surface area (Å²) in [6.45, 7) is 1.59. The van der Waals surface area contributed by atoms with Crippen molar-refractivity contribution in [2.75, 3.05) is 5.73 Å². The largest absolute Gasteiger partial charge is 0.478 e. The molecule has 0 unspecified atom stereocenters. The molecule has 0 saturated carbocycles. The summed E-state index contributed by atoms with van der Waals surface area (Å²) in [4.78, 5) is 52.2. The summed E-state index contributed by atoms with van der Waals surface area (Å²) in [5.74, 6) is -3.11. The van der Waals surface area contributed by atoms with Gasteiger partial charge in [-0.25, -0.2) is 14.5 Å². The number of pyridine rings is 1. The van der Waals surface area contributed by atoms with E-state index >= 15 is 0 Å². The molecule has 0 spiro atoms. The van der Waals surface area contributed by atoms with Crippen molar-refractivity contribution in [3.05, 3.63) is 63.5 Å². The minimum Gasteiger partial charge on any atom is -0.478 e.